The van der Waals surface area contributed by atoms with Gasteiger partial charge in [-0.3, -0.25) is 4.90 Å². The summed E-state index contributed by atoms with van der Waals surface area (Å²) < 4.78 is 74.9. The number of nitrogens with zero attached hydrogens (tertiary/aromatic N) is 2. The normalized spacial score (nSPS) is 15.8. The first kappa shape index (κ1) is 26.2. The molecule has 1 aliphatic rings. The number of piperazine rings is 1. The van der Waals surface area contributed by atoms with Crippen LogP contribution in [0.2, 0.25) is 0 Å². The fraction of sp³-hybridized carbons (Fsp3) is 0.308. The Morgan fingerprint density at radius 2 is 1.39 bits per heavy atom. The van der Waals surface area contributed by atoms with Gasteiger partial charge in [-0.2, -0.15) is 4.31 Å². The smallest absolute Gasteiger partial charge is 0.406 e. The molecule has 0 unspecified atom stereocenters. The van der Waals surface area contributed by atoms with E-state index in [1.54, 1.807) is 0 Å². The van der Waals surface area contributed by atoms with Crippen LogP contribution in [0.4, 0.5) is 13.2 Å². The van der Waals surface area contributed by atoms with Crippen molar-refractivity contribution < 1.29 is 31.1 Å². The summed E-state index contributed by atoms with van der Waals surface area (Å²) in [6.07, 6.45) is -5.10. The van der Waals surface area contributed by atoms with E-state index in [0.29, 0.717) is 26.2 Å². The Morgan fingerprint density at radius 3 is 1.94 bits per heavy atom. The standard InChI is InChI=1S/C26H27F3N2O4S/c27-26(28,29)35-23-12-7-13-24(20-23)36(32,33)31-16-14-30(15-17-31)18-19-34-25(21-8-3-1-4-9-21)22-10-5-2-6-11-22/h1-13,20,25H,14-19H2. The van der Waals surface area contributed by atoms with Crippen molar-refractivity contribution in [3.63, 3.8) is 0 Å². The average Bonchev–Trinajstić information content (AvgIpc) is 2.87. The number of ether oxygens (including phenoxy) is 2. The molecule has 0 atom stereocenters. The Labute approximate surface area is 208 Å². The minimum atomic E-state index is -4.89. The molecule has 192 valence electrons. The zero-order valence-corrected chi connectivity index (χ0v) is 20.3. The number of hydrogen-bond acceptors (Lipinski definition) is 5. The highest BCUT2D eigenvalue weighted by atomic mass is 32.2. The molecule has 6 nitrogen and oxygen atoms in total. The first-order valence-electron chi connectivity index (χ1n) is 11.5. The highest BCUT2D eigenvalue weighted by Gasteiger charge is 2.33. The molecule has 0 N–H and O–H groups in total. The van der Waals surface area contributed by atoms with Crippen molar-refractivity contribution in [3.8, 4) is 5.75 Å². The third-order valence-corrected chi connectivity index (χ3v) is 7.80. The molecule has 0 amide bonds. The second-order valence-electron chi connectivity index (χ2n) is 8.34. The zero-order chi connectivity index (χ0) is 25.6. The van der Waals surface area contributed by atoms with Crippen molar-refractivity contribution in [2.24, 2.45) is 0 Å². The molecule has 0 aliphatic carbocycles. The summed E-state index contributed by atoms with van der Waals surface area (Å²) >= 11 is 0. The average molecular weight is 521 g/mol. The number of hydrogen-bond donors (Lipinski definition) is 0. The zero-order valence-electron chi connectivity index (χ0n) is 19.5. The number of benzene rings is 3. The molecule has 0 saturated carbocycles. The van der Waals surface area contributed by atoms with Crippen LogP contribution in [0, 0.1) is 0 Å². The van der Waals surface area contributed by atoms with E-state index >= 15 is 0 Å². The largest absolute Gasteiger partial charge is 0.573 e. The van der Waals surface area contributed by atoms with Gasteiger partial charge < -0.3 is 9.47 Å². The lowest BCUT2D eigenvalue weighted by Gasteiger charge is -2.34. The maximum absolute atomic E-state index is 13.0. The highest BCUT2D eigenvalue weighted by molar-refractivity contribution is 7.89. The van der Waals surface area contributed by atoms with Gasteiger partial charge in [0.2, 0.25) is 10.0 Å². The van der Waals surface area contributed by atoms with Gasteiger partial charge in [0, 0.05) is 38.8 Å². The Hall–Kier alpha value is -2.92. The molecule has 3 aromatic rings. The predicted molar refractivity (Wildman–Crippen MR) is 129 cm³/mol. The van der Waals surface area contributed by atoms with E-state index in [1.165, 1.54) is 16.4 Å². The van der Waals surface area contributed by atoms with E-state index in [2.05, 4.69) is 9.64 Å². The lowest BCUT2D eigenvalue weighted by atomic mass is 10.0. The van der Waals surface area contributed by atoms with E-state index in [1.807, 2.05) is 60.7 Å². The van der Waals surface area contributed by atoms with Gasteiger partial charge >= 0.3 is 6.36 Å². The van der Waals surface area contributed by atoms with E-state index < -0.39 is 22.1 Å². The van der Waals surface area contributed by atoms with Gasteiger partial charge in [0.15, 0.2) is 0 Å². The maximum atomic E-state index is 13.0. The van der Waals surface area contributed by atoms with Crippen molar-refractivity contribution in [1.29, 1.82) is 0 Å². The van der Waals surface area contributed by atoms with Crippen LogP contribution in [-0.2, 0) is 14.8 Å². The maximum Gasteiger partial charge on any atom is 0.573 e. The lowest BCUT2D eigenvalue weighted by molar-refractivity contribution is -0.274. The van der Waals surface area contributed by atoms with Gasteiger partial charge in [-0.1, -0.05) is 66.7 Å². The number of alkyl halides is 3. The van der Waals surface area contributed by atoms with Crippen LogP contribution >= 0.6 is 0 Å². The lowest BCUT2D eigenvalue weighted by Crippen LogP contribution is -2.49. The van der Waals surface area contributed by atoms with E-state index in [4.69, 9.17) is 4.74 Å². The molecule has 0 radical (unpaired) electrons. The second-order valence-corrected chi connectivity index (χ2v) is 10.3. The van der Waals surface area contributed by atoms with E-state index in [0.717, 1.165) is 23.3 Å². The summed E-state index contributed by atoms with van der Waals surface area (Å²) in [6, 6.07) is 24.4. The van der Waals surface area contributed by atoms with Crippen molar-refractivity contribution in [1.82, 2.24) is 9.21 Å². The van der Waals surface area contributed by atoms with Gasteiger partial charge in [-0.25, -0.2) is 8.42 Å². The second kappa shape index (κ2) is 11.4. The van der Waals surface area contributed by atoms with Gasteiger partial charge in [0.05, 0.1) is 11.5 Å². The Bertz CT molecular complexity index is 1180. The fourth-order valence-electron chi connectivity index (χ4n) is 4.11. The third-order valence-electron chi connectivity index (χ3n) is 5.90. The van der Waals surface area contributed by atoms with Gasteiger partial charge in [0.1, 0.15) is 11.9 Å². The van der Waals surface area contributed by atoms with E-state index in [-0.39, 0.29) is 24.1 Å². The summed E-state index contributed by atoms with van der Waals surface area (Å²) in [7, 11) is -3.94. The predicted octanol–water partition coefficient (Wildman–Crippen LogP) is 4.70. The third kappa shape index (κ3) is 6.85. The van der Waals surface area contributed by atoms with Crippen LogP contribution in [0.25, 0.3) is 0 Å². The summed E-state index contributed by atoms with van der Waals surface area (Å²) in [5.74, 6) is -0.564. The van der Waals surface area contributed by atoms with Crippen LogP contribution in [0.3, 0.4) is 0 Å². The summed E-state index contributed by atoms with van der Waals surface area (Å²) in [6.45, 7) is 2.52. The van der Waals surface area contributed by atoms with Gasteiger partial charge in [-0.05, 0) is 23.3 Å². The molecule has 0 bridgehead atoms. The van der Waals surface area contributed by atoms with Gasteiger partial charge in [-0.15, -0.1) is 13.2 Å². The Kier molecular flexibility index (Phi) is 8.30. The molecule has 1 heterocycles. The minimum absolute atomic E-state index is 0.208. The van der Waals surface area contributed by atoms with Crippen molar-refractivity contribution in [3.05, 3.63) is 96.1 Å². The van der Waals surface area contributed by atoms with Crippen molar-refractivity contribution >= 4 is 10.0 Å². The summed E-state index contributed by atoms with van der Waals surface area (Å²) in [4.78, 5) is 1.89. The quantitative estimate of drug-likeness (QED) is 0.410. The highest BCUT2D eigenvalue weighted by Crippen LogP contribution is 2.28. The number of halogens is 3. The van der Waals surface area contributed by atoms with Crippen molar-refractivity contribution in [2.75, 3.05) is 39.3 Å². The van der Waals surface area contributed by atoms with Gasteiger partial charge in [0.25, 0.3) is 0 Å². The molecule has 0 aromatic heterocycles. The van der Waals surface area contributed by atoms with Crippen LogP contribution in [-0.4, -0.2) is 63.3 Å². The van der Waals surface area contributed by atoms with E-state index in [9.17, 15) is 21.6 Å². The molecule has 36 heavy (non-hydrogen) atoms. The molecule has 1 aliphatic heterocycles. The molecule has 1 saturated heterocycles. The molecule has 3 aromatic carbocycles. The molecule has 4 rings (SSSR count). The molecule has 1 fully saturated rings. The first-order valence-corrected chi connectivity index (χ1v) is 13.0. The monoisotopic (exact) mass is 520 g/mol. The van der Waals surface area contributed by atoms with Crippen molar-refractivity contribution in [2.45, 2.75) is 17.4 Å². The Balaban J connectivity index is 1.32. The molecular weight excluding hydrogens is 493 g/mol. The number of rotatable bonds is 9. The minimum Gasteiger partial charge on any atom is -0.406 e. The molecule has 0 spiro atoms. The SMILES string of the molecule is O=S(=O)(c1cccc(OC(F)(F)F)c1)N1CCN(CCOC(c2ccccc2)c2ccccc2)CC1. The molecule has 10 heteroatoms. The topological polar surface area (TPSA) is 59.1 Å². The molecular formula is C26H27F3N2O4S. The van der Waals surface area contributed by atoms with Crippen LogP contribution in [0.15, 0.2) is 89.8 Å². The number of sulfonamides is 1. The fourth-order valence-corrected chi connectivity index (χ4v) is 5.57. The first-order chi connectivity index (χ1) is 17.2. The Morgan fingerprint density at radius 1 is 0.806 bits per heavy atom. The van der Waals surface area contributed by atoms with Crippen LogP contribution < -0.4 is 4.74 Å². The van der Waals surface area contributed by atoms with Crippen LogP contribution in [0.1, 0.15) is 17.2 Å². The summed E-state index contributed by atoms with van der Waals surface area (Å²) in [5.41, 5.74) is 2.10. The van der Waals surface area contributed by atoms with Crippen LogP contribution in [0.5, 0.6) is 5.75 Å². The summed E-state index contributed by atoms with van der Waals surface area (Å²) in [5, 5.41) is 0.